The first-order chi connectivity index (χ1) is 11.2. The van der Waals surface area contributed by atoms with Crippen molar-refractivity contribution in [2.45, 2.75) is 19.3 Å². The lowest BCUT2D eigenvalue weighted by atomic mass is 10.3. The highest BCUT2D eigenvalue weighted by Gasteiger charge is 2.12. The fourth-order valence-electron chi connectivity index (χ4n) is 2.39. The number of furan rings is 1. The largest absolute Gasteiger partial charge is 0.467 e. The standard InChI is InChI=1S/C17H20N2O4/c1-19(9-13(20)11-21-12-14-5-4-8-22-14)10-17-18-15-6-2-3-7-16(15)23-17/h2-8,13,20H,9-12H2,1H3. The van der Waals surface area contributed by atoms with Crippen LogP contribution in [0.25, 0.3) is 11.1 Å². The second-order valence-electron chi connectivity index (χ2n) is 5.52. The number of rotatable bonds is 8. The zero-order chi connectivity index (χ0) is 16.1. The number of ether oxygens (including phenoxy) is 1. The van der Waals surface area contributed by atoms with Crippen molar-refractivity contribution in [3.8, 4) is 0 Å². The molecule has 0 fully saturated rings. The van der Waals surface area contributed by atoms with E-state index in [1.165, 1.54) is 0 Å². The van der Waals surface area contributed by atoms with Gasteiger partial charge in [-0.3, -0.25) is 4.90 Å². The van der Waals surface area contributed by atoms with Gasteiger partial charge in [0, 0.05) is 6.54 Å². The third-order valence-corrected chi connectivity index (χ3v) is 3.40. The van der Waals surface area contributed by atoms with Crippen LogP contribution >= 0.6 is 0 Å². The zero-order valence-electron chi connectivity index (χ0n) is 13.0. The predicted molar refractivity (Wildman–Crippen MR) is 84.7 cm³/mol. The minimum absolute atomic E-state index is 0.249. The number of aliphatic hydroxyl groups excluding tert-OH is 1. The van der Waals surface area contributed by atoms with E-state index in [-0.39, 0.29) is 6.61 Å². The summed E-state index contributed by atoms with van der Waals surface area (Å²) >= 11 is 0. The summed E-state index contributed by atoms with van der Waals surface area (Å²) in [6, 6.07) is 11.3. The molecule has 0 spiro atoms. The number of nitrogens with zero attached hydrogens (tertiary/aromatic N) is 2. The van der Waals surface area contributed by atoms with Crippen LogP contribution in [0.5, 0.6) is 0 Å². The van der Waals surface area contributed by atoms with E-state index in [0.717, 1.165) is 16.9 Å². The van der Waals surface area contributed by atoms with E-state index in [2.05, 4.69) is 4.98 Å². The summed E-state index contributed by atoms with van der Waals surface area (Å²) in [6.07, 6.45) is 1.02. The molecule has 6 heteroatoms. The molecular weight excluding hydrogens is 296 g/mol. The number of aliphatic hydroxyl groups is 1. The lowest BCUT2D eigenvalue weighted by Crippen LogP contribution is -2.31. The first kappa shape index (κ1) is 15.7. The van der Waals surface area contributed by atoms with Gasteiger partial charge in [-0.25, -0.2) is 4.98 Å². The molecule has 1 atom stereocenters. The topological polar surface area (TPSA) is 71.9 Å². The summed E-state index contributed by atoms with van der Waals surface area (Å²) in [4.78, 5) is 6.37. The maximum atomic E-state index is 10.0. The molecule has 0 aliphatic rings. The van der Waals surface area contributed by atoms with Gasteiger partial charge in [-0.2, -0.15) is 0 Å². The molecule has 0 radical (unpaired) electrons. The summed E-state index contributed by atoms with van der Waals surface area (Å²) in [7, 11) is 1.91. The number of oxazole rings is 1. The lowest BCUT2D eigenvalue weighted by Gasteiger charge is -2.18. The van der Waals surface area contributed by atoms with Crippen molar-refractivity contribution in [3.05, 3.63) is 54.3 Å². The highest BCUT2D eigenvalue weighted by molar-refractivity contribution is 5.72. The molecule has 0 saturated carbocycles. The van der Waals surface area contributed by atoms with Gasteiger partial charge in [-0.15, -0.1) is 0 Å². The third kappa shape index (κ3) is 4.41. The van der Waals surface area contributed by atoms with Crippen molar-refractivity contribution in [2.75, 3.05) is 20.2 Å². The Kier molecular flexibility index (Phi) is 5.07. The minimum Gasteiger partial charge on any atom is -0.467 e. The molecule has 1 aromatic carbocycles. The second kappa shape index (κ2) is 7.41. The van der Waals surface area contributed by atoms with Crippen molar-refractivity contribution >= 4 is 11.1 Å². The van der Waals surface area contributed by atoms with Crippen LogP contribution in [-0.4, -0.2) is 41.3 Å². The van der Waals surface area contributed by atoms with Crippen molar-refractivity contribution in [3.63, 3.8) is 0 Å². The first-order valence-corrected chi connectivity index (χ1v) is 7.52. The smallest absolute Gasteiger partial charge is 0.209 e. The molecule has 0 saturated heterocycles. The molecule has 0 aliphatic heterocycles. The molecule has 23 heavy (non-hydrogen) atoms. The van der Waals surface area contributed by atoms with E-state index in [0.29, 0.717) is 25.6 Å². The summed E-state index contributed by atoms with van der Waals surface area (Å²) in [5.74, 6) is 1.38. The molecule has 3 aromatic rings. The summed E-state index contributed by atoms with van der Waals surface area (Å²) in [6.45, 7) is 1.61. The van der Waals surface area contributed by atoms with E-state index in [1.807, 2.05) is 48.3 Å². The molecule has 6 nitrogen and oxygen atoms in total. The van der Waals surface area contributed by atoms with Crippen molar-refractivity contribution in [1.82, 2.24) is 9.88 Å². The Morgan fingerprint density at radius 1 is 1.26 bits per heavy atom. The Labute approximate surface area is 134 Å². The SMILES string of the molecule is CN(Cc1nc2ccccc2o1)CC(O)COCc1ccco1. The average molecular weight is 316 g/mol. The fraction of sp³-hybridized carbons (Fsp3) is 0.353. The van der Waals surface area contributed by atoms with Crippen molar-refractivity contribution in [2.24, 2.45) is 0 Å². The van der Waals surface area contributed by atoms with Crippen molar-refractivity contribution in [1.29, 1.82) is 0 Å². The monoisotopic (exact) mass is 316 g/mol. The van der Waals surface area contributed by atoms with E-state index in [4.69, 9.17) is 13.6 Å². The molecular formula is C17H20N2O4. The molecule has 1 unspecified atom stereocenters. The van der Waals surface area contributed by atoms with Gasteiger partial charge >= 0.3 is 0 Å². The average Bonchev–Trinajstić information content (AvgIpc) is 3.15. The number of hydrogen-bond donors (Lipinski definition) is 1. The van der Waals surface area contributed by atoms with E-state index in [9.17, 15) is 5.11 Å². The number of benzene rings is 1. The van der Waals surface area contributed by atoms with Crippen LogP contribution in [0.2, 0.25) is 0 Å². The molecule has 0 aliphatic carbocycles. The van der Waals surface area contributed by atoms with Gasteiger partial charge in [0.1, 0.15) is 17.9 Å². The van der Waals surface area contributed by atoms with Crippen LogP contribution in [0.15, 0.2) is 51.5 Å². The van der Waals surface area contributed by atoms with Crippen LogP contribution in [0.1, 0.15) is 11.7 Å². The Bertz CT molecular complexity index is 690. The van der Waals surface area contributed by atoms with Crippen LogP contribution in [0.4, 0.5) is 0 Å². The van der Waals surface area contributed by atoms with Crippen LogP contribution < -0.4 is 0 Å². The van der Waals surface area contributed by atoms with Crippen molar-refractivity contribution < 1.29 is 18.7 Å². The molecule has 0 amide bonds. The minimum atomic E-state index is -0.584. The van der Waals surface area contributed by atoms with Gasteiger partial charge < -0.3 is 18.7 Å². The van der Waals surface area contributed by atoms with Gasteiger partial charge in [0.05, 0.1) is 25.5 Å². The number of fused-ring (bicyclic) bond motifs is 1. The molecule has 3 rings (SSSR count). The van der Waals surface area contributed by atoms with Gasteiger partial charge in [0.15, 0.2) is 5.58 Å². The number of para-hydroxylation sites is 2. The number of hydrogen-bond acceptors (Lipinski definition) is 6. The fourth-order valence-corrected chi connectivity index (χ4v) is 2.39. The Morgan fingerprint density at radius 2 is 2.13 bits per heavy atom. The van der Waals surface area contributed by atoms with Crippen LogP contribution in [0, 0.1) is 0 Å². The summed E-state index contributed by atoms with van der Waals surface area (Å²) in [5.41, 5.74) is 1.62. The van der Waals surface area contributed by atoms with E-state index >= 15 is 0 Å². The maximum absolute atomic E-state index is 10.0. The molecule has 0 bridgehead atoms. The number of likely N-dealkylation sites (N-methyl/N-ethyl adjacent to an activating group) is 1. The first-order valence-electron chi connectivity index (χ1n) is 7.52. The Hall–Kier alpha value is -2.15. The van der Waals surface area contributed by atoms with Gasteiger partial charge in [-0.05, 0) is 31.3 Å². The molecule has 2 heterocycles. The molecule has 2 aromatic heterocycles. The van der Waals surface area contributed by atoms with E-state index < -0.39 is 6.10 Å². The van der Waals surface area contributed by atoms with Crippen LogP contribution in [0.3, 0.4) is 0 Å². The third-order valence-electron chi connectivity index (χ3n) is 3.40. The summed E-state index contributed by atoms with van der Waals surface area (Å²) < 4.78 is 16.3. The quantitative estimate of drug-likeness (QED) is 0.688. The predicted octanol–water partition coefficient (Wildman–Crippen LogP) is 2.43. The van der Waals surface area contributed by atoms with Gasteiger partial charge in [-0.1, -0.05) is 12.1 Å². The lowest BCUT2D eigenvalue weighted by molar-refractivity contribution is 0.00687. The highest BCUT2D eigenvalue weighted by Crippen LogP contribution is 2.15. The number of aromatic nitrogens is 1. The Morgan fingerprint density at radius 3 is 2.91 bits per heavy atom. The van der Waals surface area contributed by atoms with Crippen LogP contribution in [-0.2, 0) is 17.9 Å². The summed E-state index contributed by atoms with van der Waals surface area (Å²) in [5, 5.41) is 10.0. The maximum Gasteiger partial charge on any atom is 0.209 e. The van der Waals surface area contributed by atoms with Gasteiger partial charge in [0.2, 0.25) is 5.89 Å². The second-order valence-corrected chi connectivity index (χ2v) is 5.52. The normalized spacial score (nSPS) is 13.0. The Balaban J connectivity index is 1.43. The molecule has 1 N–H and O–H groups in total. The zero-order valence-corrected chi connectivity index (χ0v) is 13.0. The van der Waals surface area contributed by atoms with Gasteiger partial charge in [0.25, 0.3) is 0 Å². The van der Waals surface area contributed by atoms with E-state index in [1.54, 1.807) is 6.26 Å². The highest BCUT2D eigenvalue weighted by atomic mass is 16.5. The molecule has 122 valence electrons.